The summed E-state index contributed by atoms with van der Waals surface area (Å²) in [5.74, 6) is 6.33. The molecule has 0 aliphatic heterocycles. The Bertz CT molecular complexity index is 563. The van der Waals surface area contributed by atoms with Crippen LogP contribution in [0.4, 0.5) is 0 Å². The summed E-state index contributed by atoms with van der Waals surface area (Å²) in [6.07, 6.45) is 2.51. The molecule has 1 aromatic carbocycles. The number of hydrogen-bond donors (Lipinski definition) is 2. The summed E-state index contributed by atoms with van der Waals surface area (Å²) in [5, 5.41) is 0. The van der Waals surface area contributed by atoms with Gasteiger partial charge in [-0.25, -0.2) is 4.98 Å². The third kappa shape index (κ3) is 3.35. The number of aryl methyl sites for hydroxylation is 2. The van der Waals surface area contributed by atoms with Crippen LogP contribution in [0.5, 0.6) is 5.88 Å². The van der Waals surface area contributed by atoms with E-state index < -0.39 is 0 Å². The highest BCUT2D eigenvalue weighted by Gasteiger charge is 2.16. The first-order valence-electron chi connectivity index (χ1n) is 6.66. The molecule has 1 atom stereocenters. The summed E-state index contributed by atoms with van der Waals surface area (Å²) in [4.78, 5) is 4.22. The van der Waals surface area contributed by atoms with Gasteiger partial charge in [0.1, 0.15) is 0 Å². The number of aromatic nitrogens is 1. The van der Waals surface area contributed by atoms with E-state index >= 15 is 0 Å². The van der Waals surface area contributed by atoms with Crippen molar-refractivity contribution in [2.45, 2.75) is 26.3 Å². The summed E-state index contributed by atoms with van der Waals surface area (Å²) < 4.78 is 5.31. The monoisotopic (exact) mass is 271 g/mol. The predicted molar refractivity (Wildman–Crippen MR) is 80.5 cm³/mol. The third-order valence-electron chi connectivity index (χ3n) is 3.29. The lowest BCUT2D eigenvalue weighted by atomic mass is 9.97. The number of rotatable bonds is 5. The Labute approximate surface area is 120 Å². The molecule has 0 saturated carbocycles. The van der Waals surface area contributed by atoms with Crippen LogP contribution in [0.25, 0.3) is 0 Å². The lowest BCUT2D eigenvalue weighted by Gasteiger charge is -2.18. The van der Waals surface area contributed by atoms with Crippen molar-refractivity contribution in [3.63, 3.8) is 0 Å². The largest absolute Gasteiger partial charge is 0.481 e. The summed E-state index contributed by atoms with van der Waals surface area (Å²) in [6.45, 7) is 4.21. The number of hydrazine groups is 1. The van der Waals surface area contributed by atoms with E-state index in [1.165, 1.54) is 16.7 Å². The molecular weight excluding hydrogens is 250 g/mol. The second-order valence-electron chi connectivity index (χ2n) is 5.02. The second kappa shape index (κ2) is 6.50. The van der Waals surface area contributed by atoms with Crippen molar-refractivity contribution >= 4 is 0 Å². The van der Waals surface area contributed by atoms with Crippen LogP contribution in [0.15, 0.2) is 36.5 Å². The molecule has 1 aromatic heterocycles. The molecule has 0 amide bonds. The molecule has 2 aromatic rings. The summed E-state index contributed by atoms with van der Waals surface area (Å²) in [7, 11) is 1.62. The number of hydrogen-bond acceptors (Lipinski definition) is 4. The van der Waals surface area contributed by atoms with Crippen LogP contribution in [-0.4, -0.2) is 12.1 Å². The van der Waals surface area contributed by atoms with Gasteiger partial charge < -0.3 is 4.74 Å². The highest BCUT2D eigenvalue weighted by Crippen LogP contribution is 2.25. The number of ether oxygens (including phenoxy) is 1. The van der Waals surface area contributed by atoms with Crippen molar-refractivity contribution in [1.29, 1.82) is 0 Å². The van der Waals surface area contributed by atoms with E-state index in [1.807, 2.05) is 12.1 Å². The van der Waals surface area contributed by atoms with E-state index in [-0.39, 0.29) is 6.04 Å². The maximum atomic E-state index is 5.72. The lowest BCUT2D eigenvalue weighted by molar-refractivity contribution is 0.382. The number of pyridine rings is 1. The fourth-order valence-corrected chi connectivity index (χ4v) is 2.52. The van der Waals surface area contributed by atoms with Gasteiger partial charge in [-0.15, -0.1) is 0 Å². The van der Waals surface area contributed by atoms with Gasteiger partial charge in [0.15, 0.2) is 0 Å². The molecule has 0 aliphatic rings. The molecule has 1 heterocycles. The number of methoxy groups -OCH3 is 1. The molecule has 0 bridgehead atoms. The Morgan fingerprint density at radius 3 is 2.55 bits per heavy atom. The highest BCUT2D eigenvalue weighted by molar-refractivity contribution is 5.33. The SMILES string of the molecule is COc1ncccc1C(Cc1cc(C)cc(C)c1)NN. The average molecular weight is 271 g/mol. The van der Waals surface area contributed by atoms with E-state index in [0.717, 1.165) is 12.0 Å². The van der Waals surface area contributed by atoms with E-state index in [1.54, 1.807) is 13.3 Å². The Morgan fingerprint density at radius 2 is 1.95 bits per heavy atom. The van der Waals surface area contributed by atoms with Crippen molar-refractivity contribution in [2.24, 2.45) is 5.84 Å². The molecule has 0 saturated heterocycles. The fraction of sp³-hybridized carbons (Fsp3) is 0.312. The first kappa shape index (κ1) is 14.5. The number of nitrogens with one attached hydrogen (secondary N) is 1. The van der Waals surface area contributed by atoms with Gasteiger partial charge in [-0.1, -0.05) is 35.4 Å². The van der Waals surface area contributed by atoms with Gasteiger partial charge in [0.05, 0.1) is 13.2 Å². The Morgan fingerprint density at radius 1 is 1.25 bits per heavy atom. The average Bonchev–Trinajstić information content (AvgIpc) is 2.43. The van der Waals surface area contributed by atoms with Crippen LogP contribution in [0, 0.1) is 13.8 Å². The normalized spacial score (nSPS) is 12.2. The molecule has 4 nitrogen and oxygen atoms in total. The molecule has 1 unspecified atom stereocenters. The van der Waals surface area contributed by atoms with Gasteiger partial charge in [0.25, 0.3) is 0 Å². The zero-order valence-corrected chi connectivity index (χ0v) is 12.2. The number of nitrogens with zero attached hydrogens (tertiary/aromatic N) is 1. The molecule has 3 N–H and O–H groups in total. The first-order chi connectivity index (χ1) is 9.63. The molecular formula is C16H21N3O. The topological polar surface area (TPSA) is 60.2 Å². The van der Waals surface area contributed by atoms with Crippen LogP contribution in [0.3, 0.4) is 0 Å². The van der Waals surface area contributed by atoms with Gasteiger partial charge in [0.2, 0.25) is 5.88 Å². The van der Waals surface area contributed by atoms with Crippen LogP contribution < -0.4 is 16.0 Å². The highest BCUT2D eigenvalue weighted by atomic mass is 16.5. The molecule has 20 heavy (non-hydrogen) atoms. The predicted octanol–water partition coefficient (Wildman–Crippen LogP) is 2.45. The summed E-state index contributed by atoms with van der Waals surface area (Å²) in [6, 6.07) is 10.4. The van der Waals surface area contributed by atoms with Crippen molar-refractivity contribution < 1.29 is 4.74 Å². The minimum atomic E-state index is -0.0279. The Hall–Kier alpha value is -1.91. The van der Waals surface area contributed by atoms with Gasteiger partial charge in [-0.3, -0.25) is 11.3 Å². The standard InChI is InChI=1S/C16H21N3O/c1-11-7-12(2)9-13(8-11)10-15(19-17)14-5-4-6-18-16(14)20-3/h4-9,15,19H,10,17H2,1-3H3. The lowest BCUT2D eigenvalue weighted by Crippen LogP contribution is -2.30. The Balaban J connectivity index is 2.28. The molecule has 0 aliphatic carbocycles. The second-order valence-corrected chi connectivity index (χ2v) is 5.02. The van der Waals surface area contributed by atoms with E-state index in [0.29, 0.717) is 5.88 Å². The van der Waals surface area contributed by atoms with Crippen molar-refractivity contribution in [2.75, 3.05) is 7.11 Å². The number of nitrogens with two attached hydrogens (primary N) is 1. The van der Waals surface area contributed by atoms with E-state index in [4.69, 9.17) is 10.6 Å². The summed E-state index contributed by atoms with van der Waals surface area (Å²) >= 11 is 0. The van der Waals surface area contributed by atoms with Crippen LogP contribution in [0.1, 0.15) is 28.3 Å². The molecule has 2 rings (SSSR count). The first-order valence-corrected chi connectivity index (χ1v) is 6.66. The van der Waals surface area contributed by atoms with Gasteiger partial charge in [0, 0.05) is 11.8 Å². The van der Waals surface area contributed by atoms with E-state index in [9.17, 15) is 0 Å². The van der Waals surface area contributed by atoms with Crippen molar-refractivity contribution in [3.05, 3.63) is 58.8 Å². The summed E-state index contributed by atoms with van der Waals surface area (Å²) in [5.41, 5.74) is 7.59. The minimum Gasteiger partial charge on any atom is -0.481 e. The minimum absolute atomic E-state index is 0.0279. The van der Waals surface area contributed by atoms with Gasteiger partial charge in [-0.05, 0) is 31.9 Å². The van der Waals surface area contributed by atoms with Crippen molar-refractivity contribution in [3.8, 4) is 5.88 Å². The zero-order chi connectivity index (χ0) is 14.5. The zero-order valence-electron chi connectivity index (χ0n) is 12.2. The number of benzene rings is 1. The maximum Gasteiger partial charge on any atom is 0.217 e. The molecule has 4 heteroatoms. The van der Waals surface area contributed by atoms with Crippen LogP contribution in [0.2, 0.25) is 0 Å². The van der Waals surface area contributed by atoms with Crippen molar-refractivity contribution in [1.82, 2.24) is 10.4 Å². The molecule has 0 radical (unpaired) electrons. The van der Waals surface area contributed by atoms with Crippen LogP contribution >= 0.6 is 0 Å². The molecule has 0 fully saturated rings. The smallest absolute Gasteiger partial charge is 0.217 e. The Kier molecular flexibility index (Phi) is 4.71. The molecule has 106 valence electrons. The van der Waals surface area contributed by atoms with Crippen LogP contribution in [-0.2, 0) is 6.42 Å². The quantitative estimate of drug-likeness (QED) is 0.648. The van der Waals surface area contributed by atoms with Gasteiger partial charge in [-0.2, -0.15) is 0 Å². The van der Waals surface area contributed by atoms with Gasteiger partial charge >= 0.3 is 0 Å². The van der Waals surface area contributed by atoms with E-state index in [2.05, 4.69) is 42.5 Å². The maximum absolute atomic E-state index is 5.72. The third-order valence-corrected chi connectivity index (χ3v) is 3.29. The fourth-order valence-electron chi connectivity index (χ4n) is 2.52. The molecule has 0 spiro atoms.